The molecule has 0 fully saturated rings. The maximum absolute atomic E-state index is 11.9. The monoisotopic (exact) mass is 237 g/mol. The van der Waals surface area contributed by atoms with Crippen molar-refractivity contribution in [3.63, 3.8) is 0 Å². The zero-order valence-corrected chi connectivity index (χ0v) is 10.3. The number of hydrogen-bond donors (Lipinski definition) is 1. The van der Waals surface area contributed by atoms with Gasteiger partial charge in [-0.3, -0.25) is 4.79 Å². The molecule has 0 saturated heterocycles. The van der Waals surface area contributed by atoms with E-state index in [4.69, 9.17) is 15.2 Å². The van der Waals surface area contributed by atoms with Crippen molar-refractivity contribution in [3.05, 3.63) is 35.9 Å². The maximum atomic E-state index is 11.9. The molecule has 4 heteroatoms. The van der Waals surface area contributed by atoms with Crippen LogP contribution in [0.5, 0.6) is 0 Å². The fourth-order valence-corrected chi connectivity index (χ4v) is 1.63. The number of hydrogen-bond acceptors (Lipinski definition) is 4. The Morgan fingerprint density at radius 3 is 2.47 bits per heavy atom. The SMILES string of the molecule is COCC(OC)C(=O)[C@@H](N)Cc1ccccc1. The Labute approximate surface area is 102 Å². The molecule has 1 aromatic rings. The molecule has 0 heterocycles. The maximum Gasteiger partial charge on any atom is 0.180 e. The molecule has 0 saturated carbocycles. The number of benzene rings is 1. The molecule has 0 aliphatic heterocycles. The highest BCUT2D eigenvalue weighted by Gasteiger charge is 2.24. The van der Waals surface area contributed by atoms with E-state index in [0.29, 0.717) is 6.42 Å². The lowest BCUT2D eigenvalue weighted by Gasteiger charge is -2.17. The van der Waals surface area contributed by atoms with Crippen LogP contribution in [0.2, 0.25) is 0 Å². The Bertz CT molecular complexity index is 340. The minimum absolute atomic E-state index is 0.127. The molecule has 1 rings (SSSR count). The average Bonchev–Trinajstić information content (AvgIpc) is 2.36. The Balaban J connectivity index is 2.57. The highest BCUT2D eigenvalue weighted by atomic mass is 16.5. The summed E-state index contributed by atoms with van der Waals surface area (Å²) in [5.41, 5.74) is 6.91. The van der Waals surface area contributed by atoms with Gasteiger partial charge in [0.15, 0.2) is 5.78 Å². The van der Waals surface area contributed by atoms with Gasteiger partial charge in [0, 0.05) is 14.2 Å². The van der Waals surface area contributed by atoms with Crippen LogP contribution in [0.3, 0.4) is 0 Å². The molecular formula is C13H19NO3. The molecule has 0 aliphatic carbocycles. The van der Waals surface area contributed by atoms with E-state index in [1.165, 1.54) is 14.2 Å². The molecular weight excluding hydrogens is 218 g/mol. The van der Waals surface area contributed by atoms with Gasteiger partial charge in [0.1, 0.15) is 6.10 Å². The smallest absolute Gasteiger partial charge is 0.180 e. The number of methoxy groups -OCH3 is 2. The second kappa shape index (κ2) is 7.17. The summed E-state index contributed by atoms with van der Waals surface area (Å²) in [5, 5.41) is 0. The normalized spacial score (nSPS) is 14.3. The van der Waals surface area contributed by atoms with Crippen molar-refractivity contribution < 1.29 is 14.3 Å². The number of ether oxygens (including phenoxy) is 2. The molecule has 0 aromatic heterocycles. The average molecular weight is 237 g/mol. The molecule has 0 bridgehead atoms. The van der Waals surface area contributed by atoms with Crippen LogP contribution in [0, 0.1) is 0 Å². The third kappa shape index (κ3) is 4.26. The van der Waals surface area contributed by atoms with E-state index in [0.717, 1.165) is 5.56 Å². The van der Waals surface area contributed by atoms with Crippen molar-refractivity contribution in [1.82, 2.24) is 0 Å². The van der Waals surface area contributed by atoms with E-state index in [2.05, 4.69) is 0 Å². The summed E-state index contributed by atoms with van der Waals surface area (Å²) in [5.74, 6) is -0.127. The second-order valence-corrected chi connectivity index (χ2v) is 3.88. The number of ketones is 1. The van der Waals surface area contributed by atoms with Gasteiger partial charge in [0.25, 0.3) is 0 Å². The Morgan fingerprint density at radius 1 is 1.29 bits per heavy atom. The quantitative estimate of drug-likeness (QED) is 0.761. The van der Waals surface area contributed by atoms with E-state index >= 15 is 0 Å². The number of carbonyl (C=O) groups excluding carboxylic acids is 1. The molecule has 0 amide bonds. The molecule has 0 aliphatic rings. The summed E-state index contributed by atoms with van der Waals surface area (Å²) >= 11 is 0. The fraction of sp³-hybridized carbons (Fsp3) is 0.462. The molecule has 0 radical (unpaired) electrons. The highest BCUT2D eigenvalue weighted by molar-refractivity contribution is 5.88. The van der Waals surface area contributed by atoms with Crippen LogP contribution in [-0.2, 0) is 20.7 Å². The van der Waals surface area contributed by atoms with Gasteiger partial charge in [-0.25, -0.2) is 0 Å². The largest absolute Gasteiger partial charge is 0.382 e. The van der Waals surface area contributed by atoms with Gasteiger partial charge in [-0.05, 0) is 12.0 Å². The summed E-state index contributed by atoms with van der Waals surface area (Å²) in [6, 6.07) is 9.12. The Kier molecular flexibility index (Phi) is 5.83. The molecule has 94 valence electrons. The summed E-state index contributed by atoms with van der Waals surface area (Å²) in [6.07, 6.45) is -0.0674. The van der Waals surface area contributed by atoms with Crippen LogP contribution in [-0.4, -0.2) is 38.8 Å². The van der Waals surface area contributed by atoms with Crippen molar-refractivity contribution in [1.29, 1.82) is 0 Å². The van der Waals surface area contributed by atoms with Gasteiger partial charge in [-0.1, -0.05) is 30.3 Å². The van der Waals surface area contributed by atoms with Crippen molar-refractivity contribution in [3.8, 4) is 0 Å². The number of rotatable bonds is 7. The van der Waals surface area contributed by atoms with Crippen molar-refractivity contribution in [2.75, 3.05) is 20.8 Å². The molecule has 1 unspecified atom stereocenters. The minimum atomic E-state index is -0.585. The van der Waals surface area contributed by atoms with Crippen molar-refractivity contribution >= 4 is 5.78 Å². The van der Waals surface area contributed by atoms with Crippen LogP contribution < -0.4 is 5.73 Å². The molecule has 4 nitrogen and oxygen atoms in total. The molecule has 1 aromatic carbocycles. The number of carbonyl (C=O) groups is 1. The fourth-order valence-electron chi connectivity index (χ4n) is 1.63. The first-order valence-corrected chi connectivity index (χ1v) is 5.54. The first-order valence-electron chi connectivity index (χ1n) is 5.54. The van der Waals surface area contributed by atoms with Crippen molar-refractivity contribution in [2.24, 2.45) is 5.73 Å². The van der Waals surface area contributed by atoms with Gasteiger partial charge in [0.05, 0.1) is 12.6 Å². The molecule has 0 spiro atoms. The minimum Gasteiger partial charge on any atom is -0.382 e. The number of Topliss-reactive ketones (excluding diaryl/α,β-unsaturated/α-hetero) is 1. The highest BCUT2D eigenvalue weighted by Crippen LogP contribution is 2.05. The predicted molar refractivity (Wildman–Crippen MR) is 65.8 cm³/mol. The van der Waals surface area contributed by atoms with E-state index < -0.39 is 12.1 Å². The van der Waals surface area contributed by atoms with Crippen LogP contribution in [0.15, 0.2) is 30.3 Å². The van der Waals surface area contributed by atoms with E-state index in [1.54, 1.807) is 0 Å². The van der Waals surface area contributed by atoms with Crippen LogP contribution >= 0.6 is 0 Å². The van der Waals surface area contributed by atoms with Gasteiger partial charge in [0.2, 0.25) is 0 Å². The standard InChI is InChI=1S/C13H19NO3/c1-16-9-12(17-2)13(15)11(14)8-10-6-4-3-5-7-10/h3-7,11-12H,8-9,14H2,1-2H3/t11-,12?/m0/s1. The Morgan fingerprint density at radius 2 is 1.94 bits per heavy atom. The van der Waals surface area contributed by atoms with Crippen LogP contribution in [0.25, 0.3) is 0 Å². The zero-order chi connectivity index (χ0) is 12.7. The van der Waals surface area contributed by atoms with E-state index in [1.807, 2.05) is 30.3 Å². The van der Waals surface area contributed by atoms with E-state index in [9.17, 15) is 4.79 Å². The second-order valence-electron chi connectivity index (χ2n) is 3.88. The van der Waals surface area contributed by atoms with Gasteiger partial charge in [-0.2, -0.15) is 0 Å². The first kappa shape index (κ1) is 13.8. The van der Waals surface area contributed by atoms with Gasteiger partial charge < -0.3 is 15.2 Å². The van der Waals surface area contributed by atoms with Crippen LogP contribution in [0.4, 0.5) is 0 Å². The lowest BCUT2D eigenvalue weighted by Crippen LogP contribution is -2.42. The van der Waals surface area contributed by atoms with Gasteiger partial charge in [-0.15, -0.1) is 0 Å². The summed E-state index contributed by atoms with van der Waals surface area (Å²) in [4.78, 5) is 11.9. The summed E-state index contributed by atoms with van der Waals surface area (Å²) < 4.78 is 9.97. The zero-order valence-electron chi connectivity index (χ0n) is 10.3. The third-order valence-corrected chi connectivity index (χ3v) is 2.58. The molecule has 2 N–H and O–H groups in total. The lowest BCUT2D eigenvalue weighted by atomic mass is 10.0. The van der Waals surface area contributed by atoms with Gasteiger partial charge >= 0.3 is 0 Å². The molecule has 2 atom stereocenters. The van der Waals surface area contributed by atoms with E-state index in [-0.39, 0.29) is 12.4 Å². The third-order valence-electron chi connectivity index (χ3n) is 2.58. The Hall–Kier alpha value is -1.23. The summed E-state index contributed by atoms with van der Waals surface area (Å²) in [7, 11) is 3.01. The number of nitrogens with two attached hydrogens (primary N) is 1. The van der Waals surface area contributed by atoms with Crippen molar-refractivity contribution in [2.45, 2.75) is 18.6 Å². The topological polar surface area (TPSA) is 61.5 Å². The summed E-state index contributed by atoms with van der Waals surface area (Å²) in [6.45, 7) is 0.234. The van der Waals surface area contributed by atoms with Crippen LogP contribution in [0.1, 0.15) is 5.56 Å². The first-order chi connectivity index (χ1) is 8.19. The predicted octanol–water partition coefficient (Wildman–Crippen LogP) is 0.787. The molecule has 17 heavy (non-hydrogen) atoms. The lowest BCUT2D eigenvalue weighted by molar-refractivity contribution is -0.133.